The molecule has 1 unspecified atom stereocenters. The van der Waals surface area contributed by atoms with Crippen LogP contribution in [0, 0.1) is 11.8 Å². The summed E-state index contributed by atoms with van der Waals surface area (Å²) in [7, 11) is -4.80. The van der Waals surface area contributed by atoms with Crippen LogP contribution in [0.1, 0.15) is 91.9 Å². The lowest BCUT2D eigenvalue weighted by Gasteiger charge is -2.39. The molecule has 0 radical (unpaired) electrons. The maximum absolute atomic E-state index is 13.0. The molecule has 2 fully saturated rings. The smallest absolute Gasteiger partial charge is 0.357 e. The first-order chi connectivity index (χ1) is 12.4. The van der Waals surface area contributed by atoms with Crippen molar-refractivity contribution in [2.24, 2.45) is 11.8 Å². The SMILES string of the molecule is CC(C)(C)OC(C)(C(=O)OC(C1CCCCC1)C1CCCCC1)S(=O)(=O)O. The van der Waals surface area contributed by atoms with Gasteiger partial charge in [0.05, 0.1) is 5.60 Å². The zero-order chi connectivity index (χ0) is 20.3. The highest BCUT2D eigenvalue weighted by atomic mass is 32.2. The van der Waals surface area contributed by atoms with Crippen LogP contribution in [0.5, 0.6) is 0 Å². The summed E-state index contributed by atoms with van der Waals surface area (Å²) in [5, 5.41) is 0. The zero-order valence-corrected chi connectivity index (χ0v) is 18.0. The molecule has 0 aliphatic heterocycles. The Hall–Kier alpha value is -0.660. The predicted octanol–water partition coefficient (Wildman–Crippen LogP) is 4.48. The van der Waals surface area contributed by atoms with Crippen LogP contribution in [0.2, 0.25) is 0 Å². The van der Waals surface area contributed by atoms with Crippen LogP contribution in [0.15, 0.2) is 0 Å². The Labute approximate surface area is 164 Å². The molecule has 0 aromatic rings. The van der Waals surface area contributed by atoms with Crippen molar-refractivity contribution in [3.63, 3.8) is 0 Å². The Balaban J connectivity index is 2.25. The molecule has 0 bridgehead atoms. The Kier molecular flexibility index (Phi) is 7.36. The fourth-order valence-electron chi connectivity index (χ4n) is 4.52. The van der Waals surface area contributed by atoms with Crippen LogP contribution in [-0.4, -0.2) is 35.6 Å². The fraction of sp³-hybridized carbons (Fsp3) is 0.950. The van der Waals surface area contributed by atoms with Gasteiger partial charge in [-0.3, -0.25) is 4.55 Å². The van der Waals surface area contributed by atoms with Gasteiger partial charge in [-0.25, -0.2) is 4.79 Å². The van der Waals surface area contributed by atoms with Crippen LogP contribution in [-0.2, 0) is 24.4 Å². The maximum atomic E-state index is 13.0. The predicted molar refractivity (Wildman–Crippen MR) is 104 cm³/mol. The molecule has 2 aliphatic carbocycles. The molecule has 27 heavy (non-hydrogen) atoms. The summed E-state index contributed by atoms with van der Waals surface area (Å²) in [6, 6.07) is 0. The van der Waals surface area contributed by atoms with Gasteiger partial charge in [-0.05, 0) is 65.2 Å². The topological polar surface area (TPSA) is 89.9 Å². The molecule has 1 N–H and O–H groups in total. The summed E-state index contributed by atoms with van der Waals surface area (Å²) in [6.07, 6.45) is 10.5. The average Bonchev–Trinajstić information content (AvgIpc) is 2.58. The van der Waals surface area contributed by atoms with Crippen LogP contribution in [0.3, 0.4) is 0 Å². The summed E-state index contributed by atoms with van der Waals surface area (Å²) in [6.45, 7) is 6.02. The summed E-state index contributed by atoms with van der Waals surface area (Å²) in [5.74, 6) is -0.488. The van der Waals surface area contributed by atoms with Gasteiger partial charge in [0.2, 0.25) is 0 Å². The molecule has 0 aromatic heterocycles. The second-order valence-electron chi connectivity index (χ2n) is 9.30. The van der Waals surface area contributed by atoms with E-state index in [-0.39, 0.29) is 17.9 Å². The van der Waals surface area contributed by atoms with Gasteiger partial charge >= 0.3 is 16.1 Å². The van der Waals surface area contributed by atoms with Crippen molar-refractivity contribution in [3.8, 4) is 0 Å². The minimum atomic E-state index is -4.80. The Morgan fingerprint density at radius 3 is 1.63 bits per heavy atom. The molecule has 158 valence electrons. The van der Waals surface area contributed by atoms with Crippen molar-refractivity contribution in [1.82, 2.24) is 0 Å². The molecule has 2 rings (SSSR count). The highest BCUT2D eigenvalue weighted by molar-refractivity contribution is 7.87. The molecule has 0 saturated heterocycles. The van der Waals surface area contributed by atoms with Gasteiger partial charge in [-0.15, -0.1) is 0 Å². The van der Waals surface area contributed by atoms with Crippen molar-refractivity contribution >= 4 is 16.1 Å². The van der Waals surface area contributed by atoms with Gasteiger partial charge in [0.1, 0.15) is 6.10 Å². The zero-order valence-electron chi connectivity index (χ0n) is 17.2. The second kappa shape index (κ2) is 8.78. The maximum Gasteiger partial charge on any atom is 0.357 e. The monoisotopic (exact) mass is 404 g/mol. The van der Waals surface area contributed by atoms with E-state index in [4.69, 9.17) is 9.47 Å². The number of esters is 1. The van der Waals surface area contributed by atoms with Gasteiger partial charge in [0.15, 0.2) is 0 Å². The van der Waals surface area contributed by atoms with Gasteiger partial charge in [-0.1, -0.05) is 38.5 Å². The first kappa shape index (κ1) is 22.6. The van der Waals surface area contributed by atoms with Crippen molar-refractivity contribution in [3.05, 3.63) is 0 Å². The van der Waals surface area contributed by atoms with E-state index in [0.29, 0.717) is 0 Å². The standard InChI is InChI=1S/C20H36O6S/c1-19(2,3)26-20(4,27(22,23)24)18(21)25-17(15-11-7-5-8-12-15)16-13-9-6-10-14-16/h15-17H,5-14H2,1-4H3,(H,22,23,24). The minimum Gasteiger partial charge on any atom is -0.459 e. The van der Waals surface area contributed by atoms with Gasteiger partial charge in [-0.2, -0.15) is 8.42 Å². The molecule has 6 nitrogen and oxygen atoms in total. The molecule has 0 heterocycles. The lowest BCUT2D eigenvalue weighted by molar-refractivity contribution is -0.184. The molecule has 1 atom stereocenters. The van der Waals surface area contributed by atoms with Crippen LogP contribution in [0.25, 0.3) is 0 Å². The normalized spacial score (nSPS) is 23.2. The van der Waals surface area contributed by atoms with Crippen LogP contribution >= 0.6 is 0 Å². The summed E-state index contributed by atoms with van der Waals surface area (Å²) in [5.41, 5.74) is -0.936. The number of carbonyl (C=O) groups excluding carboxylic acids is 1. The summed E-state index contributed by atoms with van der Waals surface area (Å²) in [4.78, 5) is 10.6. The lowest BCUT2D eigenvalue weighted by Crippen LogP contribution is -2.53. The third kappa shape index (κ3) is 5.91. The number of hydrogen-bond donors (Lipinski definition) is 1. The Morgan fingerprint density at radius 1 is 0.889 bits per heavy atom. The average molecular weight is 405 g/mol. The van der Waals surface area contributed by atoms with E-state index < -0.39 is 26.6 Å². The largest absolute Gasteiger partial charge is 0.459 e. The molecule has 0 aromatic carbocycles. The highest BCUT2D eigenvalue weighted by Gasteiger charge is 2.53. The van der Waals surface area contributed by atoms with E-state index in [9.17, 15) is 17.8 Å². The van der Waals surface area contributed by atoms with E-state index in [2.05, 4.69) is 0 Å². The van der Waals surface area contributed by atoms with Crippen molar-refractivity contribution in [1.29, 1.82) is 0 Å². The van der Waals surface area contributed by atoms with Gasteiger partial charge < -0.3 is 9.47 Å². The Morgan fingerprint density at radius 2 is 1.30 bits per heavy atom. The molecule has 2 saturated carbocycles. The Bertz CT molecular complexity index is 578. The van der Waals surface area contributed by atoms with Gasteiger partial charge in [0.25, 0.3) is 4.93 Å². The third-order valence-corrected chi connectivity index (χ3v) is 7.07. The minimum absolute atomic E-state index is 0.256. The lowest BCUT2D eigenvalue weighted by atomic mass is 9.75. The van der Waals surface area contributed by atoms with Crippen molar-refractivity contribution in [2.75, 3.05) is 0 Å². The molecule has 7 heteroatoms. The third-order valence-electron chi connectivity index (χ3n) is 5.84. The van der Waals surface area contributed by atoms with E-state index in [0.717, 1.165) is 58.3 Å². The first-order valence-electron chi connectivity index (χ1n) is 10.3. The quantitative estimate of drug-likeness (QED) is 0.518. The fourth-order valence-corrected chi connectivity index (χ4v) is 5.13. The highest BCUT2D eigenvalue weighted by Crippen LogP contribution is 2.39. The van der Waals surface area contributed by atoms with E-state index >= 15 is 0 Å². The number of rotatable bonds is 6. The second-order valence-corrected chi connectivity index (χ2v) is 11.0. The first-order valence-corrected chi connectivity index (χ1v) is 11.8. The number of hydrogen-bond acceptors (Lipinski definition) is 5. The summed E-state index contributed by atoms with van der Waals surface area (Å²) < 4.78 is 45.2. The van der Waals surface area contributed by atoms with Crippen molar-refractivity contribution < 1.29 is 27.2 Å². The molecular formula is C20H36O6S. The van der Waals surface area contributed by atoms with Gasteiger partial charge in [0, 0.05) is 0 Å². The van der Waals surface area contributed by atoms with E-state index in [1.807, 2.05) is 0 Å². The summed E-state index contributed by atoms with van der Waals surface area (Å²) >= 11 is 0. The molecule has 0 amide bonds. The molecular weight excluding hydrogens is 368 g/mol. The van der Waals surface area contributed by atoms with Crippen LogP contribution in [0.4, 0.5) is 0 Å². The number of carbonyl (C=O) groups is 1. The molecule has 0 spiro atoms. The van der Waals surface area contributed by atoms with Crippen molar-refractivity contribution in [2.45, 2.75) is 109 Å². The molecule has 2 aliphatic rings. The van der Waals surface area contributed by atoms with Crippen LogP contribution < -0.4 is 0 Å². The van der Waals surface area contributed by atoms with E-state index in [1.54, 1.807) is 20.8 Å². The van der Waals surface area contributed by atoms with E-state index in [1.165, 1.54) is 12.8 Å². The number of ether oxygens (including phenoxy) is 2.